The van der Waals surface area contributed by atoms with E-state index in [0.29, 0.717) is 35.3 Å². The first-order valence-electron chi connectivity index (χ1n) is 8.95. The van der Waals surface area contributed by atoms with Gasteiger partial charge in [-0.15, -0.1) is 0 Å². The molecule has 0 atom stereocenters. The molecule has 4 rings (SSSR count). The van der Waals surface area contributed by atoms with E-state index in [1.54, 1.807) is 36.5 Å². The van der Waals surface area contributed by atoms with Gasteiger partial charge in [0, 0.05) is 29.0 Å². The molecule has 2 N–H and O–H groups in total. The number of carbonyl (C=O) groups is 1. The van der Waals surface area contributed by atoms with Gasteiger partial charge in [-0.05, 0) is 48.5 Å². The molecule has 2 heterocycles. The van der Waals surface area contributed by atoms with E-state index < -0.39 is 29.0 Å². The van der Waals surface area contributed by atoms with Gasteiger partial charge < -0.3 is 5.32 Å². The lowest BCUT2D eigenvalue weighted by molar-refractivity contribution is -0.137. The fourth-order valence-electron chi connectivity index (χ4n) is 2.64. The summed E-state index contributed by atoms with van der Waals surface area (Å²) in [6, 6.07) is 10.1. The van der Waals surface area contributed by atoms with Crippen molar-refractivity contribution >= 4 is 34.1 Å². The van der Waals surface area contributed by atoms with Crippen LogP contribution in [0.2, 0.25) is 0 Å². The Morgan fingerprint density at radius 3 is 2.50 bits per heavy atom. The van der Waals surface area contributed by atoms with Gasteiger partial charge in [-0.3, -0.25) is 10.1 Å². The molecule has 7 nitrogen and oxygen atoms in total. The van der Waals surface area contributed by atoms with E-state index in [0.717, 1.165) is 11.5 Å². The second kappa shape index (κ2) is 8.67. The summed E-state index contributed by atoms with van der Waals surface area (Å²) in [5.74, 6) is -1.08. The fourth-order valence-corrected chi connectivity index (χ4v) is 3.22. The van der Waals surface area contributed by atoms with Gasteiger partial charge >= 0.3 is 6.18 Å². The molecule has 2 aromatic heterocycles. The van der Waals surface area contributed by atoms with Crippen LogP contribution >= 0.6 is 11.5 Å². The van der Waals surface area contributed by atoms with E-state index in [4.69, 9.17) is 0 Å². The lowest BCUT2D eigenvalue weighted by Gasteiger charge is -2.08. The second-order valence-electron chi connectivity index (χ2n) is 6.37. The highest BCUT2D eigenvalue weighted by Crippen LogP contribution is 2.33. The van der Waals surface area contributed by atoms with Gasteiger partial charge in [-0.25, -0.2) is 14.4 Å². The number of hydrogen-bond donors (Lipinski definition) is 2. The molecule has 0 aliphatic heterocycles. The Labute approximate surface area is 182 Å². The maximum absolute atomic E-state index is 14.0. The summed E-state index contributed by atoms with van der Waals surface area (Å²) in [6.45, 7) is 0. The quantitative estimate of drug-likeness (QED) is 0.400. The number of hydrogen-bond acceptors (Lipinski definition) is 7. The van der Waals surface area contributed by atoms with Gasteiger partial charge in [-0.1, -0.05) is 0 Å². The zero-order chi connectivity index (χ0) is 22.7. The van der Waals surface area contributed by atoms with Crippen molar-refractivity contribution in [3.63, 3.8) is 0 Å². The van der Waals surface area contributed by atoms with Crippen molar-refractivity contribution in [3.05, 3.63) is 78.0 Å². The van der Waals surface area contributed by atoms with Crippen molar-refractivity contribution in [1.29, 1.82) is 0 Å². The Bertz CT molecular complexity index is 1250. The monoisotopic (exact) mass is 460 g/mol. The SMILES string of the molecule is O=C(Nc1nc(-c2cc(C(F)(F)F)ccc2F)ns1)c1ccc(Nc2ccncn2)cc1. The first-order valence-corrected chi connectivity index (χ1v) is 9.72. The largest absolute Gasteiger partial charge is 0.416 e. The van der Waals surface area contributed by atoms with Crippen molar-refractivity contribution in [2.45, 2.75) is 6.18 Å². The maximum Gasteiger partial charge on any atom is 0.416 e. The standard InChI is InChI=1S/C20H12F4N6OS/c21-15-6-3-12(20(22,23)24)9-14(15)17-28-19(32-30-17)29-18(31)11-1-4-13(5-2-11)27-16-7-8-25-10-26-16/h1-10H,(H,25,26,27)(H,28,29,30,31). The van der Waals surface area contributed by atoms with Crippen molar-refractivity contribution in [1.82, 2.24) is 19.3 Å². The Balaban J connectivity index is 1.46. The Morgan fingerprint density at radius 2 is 1.81 bits per heavy atom. The molecule has 0 unspecified atom stereocenters. The lowest BCUT2D eigenvalue weighted by atomic mass is 10.1. The van der Waals surface area contributed by atoms with E-state index >= 15 is 0 Å². The van der Waals surface area contributed by atoms with Crippen molar-refractivity contribution in [2.75, 3.05) is 10.6 Å². The Kier molecular flexibility index (Phi) is 5.77. The molecular formula is C20H12F4N6OS. The van der Waals surface area contributed by atoms with Crippen LogP contribution in [0.15, 0.2) is 61.1 Å². The molecule has 32 heavy (non-hydrogen) atoms. The first kappa shape index (κ1) is 21.3. The minimum absolute atomic E-state index is 0.0185. The first-order chi connectivity index (χ1) is 15.3. The van der Waals surface area contributed by atoms with Crippen LogP contribution in [0.25, 0.3) is 11.4 Å². The summed E-state index contributed by atoms with van der Waals surface area (Å²) in [7, 11) is 0. The van der Waals surface area contributed by atoms with Gasteiger partial charge in [0.05, 0.1) is 11.1 Å². The van der Waals surface area contributed by atoms with Gasteiger partial charge in [0.2, 0.25) is 5.13 Å². The third-order valence-electron chi connectivity index (χ3n) is 4.18. The minimum atomic E-state index is -4.63. The molecule has 0 aliphatic carbocycles. The second-order valence-corrected chi connectivity index (χ2v) is 7.12. The number of benzene rings is 2. The van der Waals surface area contributed by atoms with Crippen LogP contribution in [-0.4, -0.2) is 25.2 Å². The minimum Gasteiger partial charge on any atom is -0.340 e. The van der Waals surface area contributed by atoms with Crippen LogP contribution in [0.4, 0.5) is 34.2 Å². The van der Waals surface area contributed by atoms with Gasteiger partial charge in [0.15, 0.2) is 5.82 Å². The molecule has 0 saturated carbocycles. The van der Waals surface area contributed by atoms with Crippen LogP contribution in [0.5, 0.6) is 0 Å². The summed E-state index contributed by atoms with van der Waals surface area (Å²) in [5.41, 5.74) is -0.430. The van der Waals surface area contributed by atoms with Crippen LogP contribution in [0.3, 0.4) is 0 Å². The summed E-state index contributed by atoms with van der Waals surface area (Å²) in [5, 5.41) is 5.56. The highest BCUT2D eigenvalue weighted by Gasteiger charge is 2.31. The number of amides is 1. The van der Waals surface area contributed by atoms with E-state index in [2.05, 4.69) is 30.0 Å². The smallest absolute Gasteiger partial charge is 0.340 e. The maximum atomic E-state index is 14.0. The van der Waals surface area contributed by atoms with Gasteiger partial charge in [0.25, 0.3) is 5.91 Å². The van der Waals surface area contributed by atoms with Crippen LogP contribution in [0.1, 0.15) is 15.9 Å². The zero-order valence-electron chi connectivity index (χ0n) is 15.9. The molecule has 1 amide bonds. The van der Waals surface area contributed by atoms with Crippen LogP contribution in [-0.2, 0) is 6.18 Å². The van der Waals surface area contributed by atoms with Crippen molar-refractivity contribution < 1.29 is 22.4 Å². The summed E-state index contributed by atoms with van der Waals surface area (Å²) >= 11 is 0.727. The molecule has 0 spiro atoms. The van der Waals surface area contributed by atoms with E-state index in [1.165, 1.54) is 6.33 Å². The molecule has 0 radical (unpaired) electrons. The molecule has 0 bridgehead atoms. The van der Waals surface area contributed by atoms with Crippen molar-refractivity contribution in [3.8, 4) is 11.4 Å². The van der Waals surface area contributed by atoms with E-state index in [-0.39, 0.29) is 11.0 Å². The highest BCUT2D eigenvalue weighted by molar-refractivity contribution is 7.10. The highest BCUT2D eigenvalue weighted by atomic mass is 32.1. The lowest BCUT2D eigenvalue weighted by Crippen LogP contribution is -2.11. The topological polar surface area (TPSA) is 92.7 Å². The predicted molar refractivity (Wildman–Crippen MR) is 110 cm³/mol. The number of aromatic nitrogens is 4. The average Bonchev–Trinajstić information content (AvgIpc) is 3.22. The van der Waals surface area contributed by atoms with E-state index in [9.17, 15) is 22.4 Å². The molecule has 0 fully saturated rings. The van der Waals surface area contributed by atoms with E-state index in [1.807, 2.05) is 0 Å². The summed E-state index contributed by atoms with van der Waals surface area (Å²) in [6.07, 6.45) is -1.66. The average molecular weight is 460 g/mol. The summed E-state index contributed by atoms with van der Waals surface area (Å²) in [4.78, 5) is 24.2. The Hall–Kier alpha value is -3.93. The number of anilines is 3. The number of alkyl halides is 3. The molecular weight excluding hydrogens is 448 g/mol. The van der Waals surface area contributed by atoms with Gasteiger partial charge in [0.1, 0.15) is 18.0 Å². The van der Waals surface area contributed by atoms with Crippen LogP contribution < -0.4 is 10.6 Å². The zero-order valence-corrected chi connectivity index (χ0v) is 16.7. The molecule has 2 aromatic carbocycles. The summed E-state index contributed by atoms with van der Waals surface area (Å²) < 4.78 is 56.6. The molecule has 12 heteroatoms. The number of rotatable bonds is 5. The number of nitrogens with one attached hydrogen (secondary N) is 2. The van der Waals surface area contributed by atoms with Crippen molar-refractivity contribution in [2.24, 2.45) is 0 Å². The van der Waals surface area contributed by atoms with Crippen LogP contribution in [0, 0.1) is 5.82 Å². The van der Waals surface area contributed by atoms with Gasteiger partial charge in [-0.2, -0.15) is 22.5 Å². The predicted octanol–water partition coefficient (Wildman–Crippen LogP) is 5.15. The number of carbonyl (C=O) groups excluding carboxylic acids is 1. The molecule has 0 aliphatic rings. The third-order valence-corrected chi connectivity index (χ3v) is 4.81. The normalized spacial score (nSPS) is 11.2. The molecule has 0 saturated heterocycles. The molecule has 4 aromatic rings. The number of nitrogens with zero attached hydrogens (tertiary/aromatic N) is 4. The number of halogens is 4. The third kappa shape index (κ3) is 4.86. The molecule has 162 valence electrons. The Morgan fingerprint density at radius 1 is 1.03 bits per heavy atom. The fraction of sp³-hybridized carbons (Fsp3) is 0.0500.